The van der Waals surface area contributed by atoms with Crippen molar-refractivity contribution in [2.24, 2.45) is 14.1 Å². The summed E-state index contributed by atoms with van der Waals surface area (Å²) in [6.45, 7) is 11.7. The summed E-state index contributed by atoms with van der Waals surface area (Å²) in [4.78, 5) is 0. The number of imidazole rings is 1. The molecule has 2 aromatic heterocycles. The maximum atomic E-state index is 6.60. The number of fused-ring (bicyclic) bond motifs is 5. The second-order valence-electron chi connectivity index (χ2n) is 10.2. The molecule has 0 N–H and O–H groups in total. The van der Waals surface area contributed by atoms with Crippen molar-refractivity contribution in [1.29, 1.82) is 0 Å². The van der Waals surface area contributed by atoms with Crippen LogP contribution in [0.15, 0.2) is 41.1 Å². The SMILES string of the molecule is Cc1ccc2c(oc3ccc4c(c32)C(C)(C)CCC4(C)C)c1-c1n(C)cc[n+]1C. The number of nitrogens with zero attached hydrogens (tertiary/aromatic N) is 2. The molecular formula is C26H31N2O+. The fraction of sp³-hybridized carbons (Fsp3) is 0.423. The van der Waals surface area contributed by atoms with E-state index in [4.69, 9.17) is 4.42 Å². The number of aromatic nitrogens is 2. The minimum atomic E-state index is 0.141. The predicted molar refractivity (Wildman–Crippen MR) is 119 cm³/mol. The van der Waals surface area contributed by atoms with Crippen LogP contribution in [-0.4, -0.2) is 4.57 Å². The van der Waals surface area contributed by atoms with Crippen molar-refractivity contribution in [3.63, 3.8) is 0 Å². The molecule has 0 saturated carbocycles. The van der Waals surface area contributed by atoms with E-state index in [1.165, 1.54) is 51.7 Å². The van der Waals surface area contributed by atoms with Crippen molar-refractivity contribution >= 4 is 21.9 Å². The monoisotopic (exact) mass is 387 g/mol. The Morgan fingerprint density at radius 3 is 2.41 bits per heavy atom. The lowest BCUT2D eigenvalue weighted by Crippen LogP contribution is -2.33. The second kappa shape index (κ2) is 5.75. The fourth-order valence-corrected chi connectivity index (χ4v) is 5.40. The molecule has 0 radical (unpaired) electrons. The van der Waals surface area contributed by atoms with Gasteiger partial charge in [-0.25, -0.2) is 9.13 Å². The summed E-state index contributed by atoms with van der Waals surface area (Å²) in [5, 5.41) is 2.55. The fourth-order valence-electron chi connectivity index (χ4n) is 5.40. The first-order valence-electron chi connectivity index (χ1n) is 10.6. The summed E-state index contributed by atoms with van der Waals surface area (Å²) in [6, 6.07) is 9.03. The van der Waals surface area contributed by atoms with Crippen molar-refractivity contribution in [3.05, 3.63) is 53.3 Å². The molecule has 29 heavy (non-hydrogen) atoms. The van der Waals surface area contributed by atoms with Crippen LogP contribution in [0.25, 0.3) is 33.3 Å². The van der Waals surface area contributed by atoms with Gasteiger partial charge in [-0.05, 0) is 53.4 Å². The van der Waals surface area contributed by atoms with Crippen LogP contribution < -0.4 is 4.57 Å². The van der Waals surface area contributed by atoms with E-state index in [2.05, 4.69) is 94.5 Å². The van der Waals surface area contributed by atoms with Crippen LogP contribution in [-0.2, 0) is 24.9 Å². The first kappa shape index (κ1) is 18.5. The third kappa shape index (κ3) is 2.46. The topological polar surface area (TPSA) is 21.9 Å². The molecule has 1 aliphatic carbocycles. The molecule has 0 bridgehead atoms. The third-order valence-corrected chi connectivity index (χ3v) is 7.20. The van der Waals surface area contributed by atoms with Gasteiger partial charge in [-0.15, -0.1) is 0 Å². The summed E-state index contributed by atoms with van der Waals surface area (Å²) in [6.07, 6.45) is 6.62. The highest BCUT2D eigenvalue weighted by Crippen LogP contribution is 2.51. The number of hydrogen-bond acceptors (Lipinski definition) is 1. The zero-order valence-corrected chi connectivity index (χ0v) is 18.7. The maximum absolute atomic E-state index is 6.60. The summed E-state index contributed by atoms with van der Waals surface area (Å²) in [7, 11) is 4.20. The van der Waals surface area contributed by atoms with E-state index in [9.17, 15) is 0 Å². The summed E-state index contributed by atoms with van der Waals surface area (Å²) in [5.41, 5.74) is 7.74. The molecule has 150 valence electrons. The maximum Gasteiger partial charge on any atom is 0.292 e. The van der Waals surface area contributed by atoms with Gasteiger partial charge in [0, 0.05) is 10.8 Å². The average Bonchev–Trinajstić information content (AvgIpc) is 3.19. The van der Waals surface area contributed by atoms with Gasteiger partial charge in [0.15, 0.2) is 5.58 Å². The van der Waals surface area contributed by atoms with Crippen LogP contribution in [0, 0.1) is 6.92 Å². The third-order valence-electron chi connectivity index (χ3n) is 7.20. The lowest BCUT2D eigenvalue weighted by molar-refractivity contribution is -0.659. The standard InChI is InChI=1S/C26H31N2O/c1-16-8-9-17-21-19(29-23(17)20(16)24-27(6)14-15-28(24)7)11-10-18-22(21)26(4,5)13-12-25(18,2)3/h8-11,14-15H,12-13H2,1-7H3/q+1. The van der Waals surface area contributed by atoms with Gasteiger partial charge in [-0.2, -0.15) is 0 Å². The minimum Gasteiger partial charge on any atom is -0.455 e. The zero-order chi connectivity index (χ0) is 20.7. The number of hydrogen-bond donors (Lipinski definition) is 0. The normalized spacial score (nSPS) is 17.8. The van der Waals surface area contributed by atoms with E-state index < -0.39 is 0 Å². The van der Waals surface area contributed by atoms with Crippen LogP contribution in [0.5, 0.6) is 0 Å². The Morgan fingerprint density at radius 2 is 1.72 bits per heavy atom. The number of aryl methyl sites for hydroxylation is 3. The van der Waals surface area contributed by atoms with Gasteiger partial charge >= 0.3 is 0 Å². The average molecular weight is 388 g/mol. The van der Waals surface area contributed by atoms with Crippen molar-refractivity contribution in [2.75, 3.05) is 0 Å². The summed E-state index contributed by atoms with van der Waals surface area (Å²) < 4.78 is 11.0. The Bertz CT molecular complexity index is 1260. The van der Waals surface area contributed by atoms with Crippen LogP contribution >= 0.6 is 0 Å². The Hall–Kier alpha value is -2.55. The van der Waals surface area contributed by atoms with Crippen molar-refractivity contribution < 1.29 is 8.98 Å². The molecule has 0 aliphatic heterocycles. The lowest BCUT2D eigenvalue weighted by atomic mass is 9.62. The molecule has 3 heteroatoms. The van der Waals surface area contributed by atoms with E-state index in [0.29, 0.717) is 0 Å². The molecule has 0 spiro atoms. The number of rotatable bonds is 1. The highest BCUT2D eigenvalue weighted by Gasteiger charge is 2.39. The van der Waals surface area contributed by atoms with E-state index in [-0.39, 0.29) is 10.8 Å². The summed E-state index contributed by atoms with van der Waals surface area (Å²) >= 11 is 0. The van der Waals surface area contributed by atoms with E-state index in [1.807, 2.05) is 0 Å². The quantitative estimate of drug-likeness (QED) is 0.363. The highest BCUT2D eigenvalue weighted by atomic mass is 16.3. The smallest absolute Gasteiger partial charge is 0.292 e. The molecule has 0 saturated heterocycles. The van der Waals surface area contributed by atoms with Crippen molar-refractivity contribution in [3.8, 4) is 11.4 Å². The summed E-state index contributed by atoms with van der Waals surface area (Å²) in [5.74, 6) is 1.17. The number of benzene rings is 2. The Morgan fingerprint density at radius 1 is 1.00 bits per heavy atom. The molecule has 2 heterocycles. The van der Waals surface area contributed by atoms with Gasteiger partial charge in [0.2, 0.25) is 0 Å². The molecule has 4 aromatic rings. The van der Waals surface area contributed by atoms with Gasteiger partial charge in [-0.1, -0.05) is 45.9 Å². The van der Waals surface area contributed by atoms with E-state index >= 15 is 0 Å². The second-order valence-corrected chi connectivity index (χ2v) is 10.2. The minimum absolute atomic E-state index is 0.141. The lowest BCUT2D eigenvalue weighted by Gasteiger charge is -2.42. The first-order chi connectivity index (χ1) is 13.6. The molecular weight excluding hydrogens is 356 g/mol. The van der Waals surface area contributed by atoms with Crippen molar-refractivity contribution in [2.45, 2.75) is 58.3 Å². The first-order valence-corrected chi connectivity index (χ1v) is 10.6. The van der Waals surface area contributed by atoms with Crippen molar-refractivity contribution in [1.82, 2.24) is 4.57 Å². The van der Waals surface area contributed by atoms with Gasteiger partial charge < -0.3 is 4.42 Å². The Balaban J connectivity index is 1.96. The predicted octanol–water partition coefficient (Wildman–Crippen LogP) is 6.07. The van der Waals surface area contributed by atoms with Gasteiger partial charge in [0.25, 0.3) is 5.82 Å². The van der Waals surface area contributed by atoms with Crippen LogP contribution in [0.3, 0.4) is 0 Å². The molecule has 3 nitrogen and oxygen atoms in total. The Labute approximate surface area is 173 Å². The molecule has 5 rings (SSSR count). The van der Waals surface area contributed by atoms with Gasteiger partial charge in [0.1, 0.15) is 23.5 Å². The van der Waals surface area contributed by atoms with Crippen LogP contribution in [0.1, 0.15) is 57.2 Å². The molecule has 0 fully saturated rings. The van der Waals surface area contributed by atoms with Gasteiger partial charge in [0.05, 0.1) is 14.1 Å². The number of furan rings is 1. The zero-order valence-electron chi connectivity index (χ0n) is 18.7. The van der Waals surface area contributed by atoms with E-state index in [0.717, 1.165) is 11.2 Å². The van der Waals surface area contributed by atoms with E-state index in [1.54, 1.807) is 0 Å². The molecule has 0 unspecified atom stereocenters. The van der Waals surface area contributed by atoms with Crippen LogP contribution in [0.2, 0.25) is 0 Å². The molecule has 2 aromatic carbocycles. The highest BCUT2D eigenvalue weighted by molar-refractivity contribution is 6.11. The molecule has 0 amide bonds. The largest absolute Gasteiger partial charge is 0.455 e. The Kier molecular flexibility index (Phi) is 3.66. The molecule has 0 atom stereocenters. The molecule has 1 aliphatic rings. The van der Waals surface area contributed by atoms with Gasteiger partial charge in [-0.3, -0.25) is 0 Å². The van der Waals surface area contributed by atoms with Crippen LogP contribution in [0.4, 0.5) is 0 Å².